The first-order valence-electron chi connectivity index (χ1n) is 11.9. The standard InChI is InChI=1S/C27H22F4N4O3S.ClH/c28-20-4-8-22(9-5-20)39(37,38)35-15-13-34(14-16-35)26(36)18-1-6-21(7-2-18)33-24-11-12-32-25-17-19(27(29,30)31)3-10-23(24)25;/h1-12,17H,13-16H2,(H,32,33);1H. The molecule has 1 aromatic heterocycles. The number of amides is 1. The van der Waals surface area contributed by atoms with Gasteiger partial charge in [-0.2, -0.15) is 17.5 Å². The average Bonchev–Trinajstić information content (AvgIpc) is 2.93. The summed E-state index contributed by atoms with van der Waals surface area (Å²) in [5, 5.41) is 3.66. The highest BCUT2D eigenvalue weighted by atomic mass is 35.5. The smallest absolute Gasteiger partial charge is 0.355 e. The Hall–Kier alpha value is -3.74. The van der Waals surface area contributed by atoms with E-state index in [1.165, 1.54) is 28.7 Å². The fourth-order valence-electron chi connectivity index (χ4n) is 4.35. The van der Waals surface area contributed by atoms with Gasteiger partial charge in [0, 0.05) is 54.7 Å². The van der Waals surface area contributed by atoms with Gasteiger partial charge in [0.2, 0.25) is 10.0 Å². The molecule has 40 heavy (non-hydrogen) atoms. The maximum absolute atomic E-state index is 13.2. The van der Waals surface area contributed by atoms with E-state index in [1.807, 2.05) is 0 Å². The lowest BCUT2D eigenvalue weighted by Crippen LogP contribution is -2.50. The summed E-state index contributed by atoms with van der Waals surface area (Å²) in [6.07, 6.45) is -3.05. The Kier molecular flexibility index (Phi) is 8.33. The molecule has 5 rings (SSSR count). The number of piperazine rings is 1. The van der Waals surface area contributed by atoms with Gasteiger partial charge in [-0.05, 0) is 66.7 Å². The number of hydrogen-bond acceptors (Lipinski definition) is 5. The molecule has 7 nitrogen and oxygen atoms in total. The molecule has 1 N–H and O–H groups in total. The van der Waals surface area contributed by atoms with E-state index in [0.29, 0.717) is 22.3 Å². The third-order valence-corrected chi connectivity index (χ3v) is 8.37. The molecule has 1 aliphatic rings. The quantitative estimate of drug-likeness (QED) is 0.300. The Bertz CT molecular complexity index is 1620. The number of rotatable bonds is 5. The number of fused-ring (bicyclic) bond motifs is 1. The highest BCUT2D eigenvalue weighted by Gasteiger charge is 2.31. The van der Waals surface area contributed by atoms with Crippen molar-refractivity contribution in [3.63, 3.8) is 0 Å². The van der Waals surface area contributed by atoms with E-state index >= 15 is 0 Å². The monoisotopic (exact) mass is 594 g/mol. The van der Waals surface area contributed by atoms with Crippen LogP contribution in [0.5, 0.6) is 0 Å². The number of carbonyl (C=O) groups excluding carboxylic acids is 1. The largest absolute Gasteiger partial charge is 0.416 e. The molecule has 0 unspecified atom stereocenters. The fraction of sp³-hybridized carbons (Fsp3) is 0.185. The Morgan fingerprint density at radius 3 is 2.15 bits per heavy atom. The number of nitrogens with zero attached hydrogens (tertiary/aromatic N) is 3. The van der Waals surface area contributed by atoms with Crippen LogP contribution in [-0.2, 0) is 16.2 Å². The maximum Gasteiger partial charge on any atom is 0.416 e. The number of hydrogen-bond donors (Lipinski definition) is 1. The molecule has 13 heteroatoms. The Morgan fingerprint density at radius 1 is 0.875 bits per heavy atom. The molecule has 0 radical (unpaired) electrons. The number of pyridine rings is 1. The van der Waals surface area contributed by atoms with Gasteiger partial charge in [-0.3, -0.25) is 9.78 Å². The molecule has 210 valence electrons. The number of halogens is 5. The van der Waals surface area contributed by atoms with Gasteiger partial charge >= 0.3 is 6.18 Å². The molecule has 0 bridgehead atoms. The summed E-state index contributed by atoms with van der Waals surface area (Å²) in [5.74, 6) is -0.784. The minimum absolute atomic E-state index is 0. The van der Waals surface area contributed by atoms with Gasteiger partial charge in [0.1, 0.15) is 5.82 Å². The molecule has 0 saturated carbocycles. The molecule has 0 spiro atoms. The van der Waals surface area contributed by atoms with Crippen LogP contribution >= 0.6 is 12.4 Å². The lowest BCUT2D eigenvalue weighted by atomic mass is 10.1. The van der Waals surface area contributed by atoms with Crippen molar-refractivity contribution in [3.05, 3.63) is 95.9 Å². The van der Waals surface area contributed by atoms with Crippen LogP contribution < -0.4 is 5.32 Å². The van der Waals surface area contributed by atoms with Crippen LogP contribution in [0.3, 0.4) is 0 Å². The first-order valence-corrected chi connectivity index (χ1v) is 13.3. The van der Waals surface area contributed by atoms with Crippen molar-refractivity contribution in [2.45, 2.75) is 11.1 Å². The zero-order chi connectivity index (χ0) is 27.8. The lowest BCUT2D eigenvalue weighted by Gasteiger charge is -2.34. The number of benzene rings is 3. The third-order valence-electron chi connectivity index (χ3n) is 6.46. The molecule has 1 saturated heterocycles. The number of anilines is 2. The molecular formula is C27H23ClF4N4O3S. The molecule has 0 atom stereocenters. The first kappa shape index (κ1) is 29.2. The summed E-state index contributed by atoms with van der Waals surface area (Å²) in [7, 11) is -3.79. The van der Waals surface area contributed by atoms with Crippen molar-refractivity contribution >= 4 is 50.6 Å². The average molecular weight is 595 g/mol. The lowest BCUT2D eigenvalue weighted by molar-refractivity contribution is -0.137. The Balaban J connectivity index is 0.00000370. The summed E-state index contributed by atoms with van der Waals surface area (Å²) in [4.78, 5) is 18.6. The molecule has 2 heterocycles. The Morgan fingerprint density at radius 2 is 1.52 bits per heavy atom. The van der Waals surface area contributed by atoms with Gasteiger partial charge in [-0.25, -0.2) is 12.8 Å². The number of alkyl halides is 3. The van der Waals surface area contributed by atoms with E-state index in [-0.39, 0.29) is 54.9 Å². The van der Waals surface area contributed by atoms with Crippen molar-refractivity contribution in [2.75, 3.05) is 31.5 Å². The van der Waals surface area contributed by atoms with E-state index < -0.39 is 27.6 Å². The van der Waals surface area contributed by atoms with Crippen molar-refractivity contribution < 1.29 is 30.8 Å². The van der Waals surface area contributed by atoms with Gasteiger partial charge < -0.3 is 10.2 Å². The van der Waals surface area contributed by atoms with Crippen LogP contribution in [0.4, 0.5) is 28.9 Å². The first-order chi connectivity index (χ1) is 18.5. The molecule has 1 fully saturated rings. The van der Waals surface area contributed by atoms with Crippen molar-refractivity contribution in [3.8, 4) is 0 Å². The zero-order valence-corrected chi connectivity index (χ0v) is 22.4. The van der Waals surface area contributed by atoms with Gasteiger partial charge in [-0.1, -0.05) is 6.07 Å². The van der Waals surface area contributed by atoms with Crippen molar-refractivity contribution in [2.24, 2.45) is 0 Å². The number of aromatic nitrogens is 1. The SMILES string of the molecule is Cl.O=C(c1ccc(Nc2ccnc3cc(C(F)(F)F)ccc23)cc1)N1CCN(S(=O)(=O)c2ccc(F)cc2)CC1. The minimum Gasteiger partial charge on any atom is -0.355 e. The summed E-state index contributed by atoms with van der Waals surface area (Å²) in [6.45, 7) is 0.608. The fourth-order valence-corrected chi connectivity index (χ4v) is 5.78. The summed E-state index contributed by atoms with van der Waals surface area (Å²) >= 11 is 0. The second-order valence-electron chi connectivity index (χ2n) is 8.94. The molecule has 3 aromatic carbocycles. The van der Waals surface area contributed by atoms with Gasteiger partial charge in [0.05, 0.1) is 16.0 Å². The van der Waals surface area contributed by atoms with E-state index in [0.717, 1.165) is 24.3 Å². The van der Waals surface area contributed by atoms with E-state index in [2.05, 4.69) is 10.3 Å². The van der Waals surface area contributed by atoms with Crippen LogP contribution in [0.2, 0.25) is 0 Å². The van der Waals surface area contributed by atoms with Crippen molar-refractivity contribution in [1.82, 2.24) is 14.2 Å². The van der Waals surface area contributed by atoms with Gasteiger partial charge in [-0.15, -0.1) is 12.4 Å². The second-order valence-corrected chi connectivity index (χ2v) is 10.9. The highest BCUT2D eigenvalue weighted by molar-refractivity contribution is 7.89. The third kappa shape index (κ3) is 6.03. The van der Waals surface area contributed by atoms with Crippen LogP contribution in [0.15, 0.2) is 83.9 Å². The number of carbonyl (C=O) groups is 1. The predicted molar refractivity (Wildman–Crippen MR) is 145 cm³/mol. The van der Waals surface area contributed by atoms with Gasteiger partial charge in [0.25, 0.3) is 5.91 Å². The predicted octanol–water partition coefficient (Wildman–Crippen LogP) is 5.70. The number of sulfonamides is 1. The van der Waals surface area contributed by atoms with Crippen LogP contribution in [0, 0.1) is 5.82 Å². The van der Waals surface area contributed by atoms with E-state index in [4.69, 9.17) is 0 Å². The van der Waals surface area contributed by atoms with E-state index in [9.17, 15) is 30.8 Å². The molecule has 1 aliphatic heterocycles. The van der Waals surface area contributed by atoms with Crippen molar-refractivity contribution in [1.29, 1.82) is 0 Å². The maximum atomic E-state index is 13.2. The minimum atomic E-state index is -4.47. The summed E-state index contributed by atoms with van der Waals surface area (Å²) in [6, 6.07) is 16.2. The second kappa shape index (κ2) is 11.4. The topological polar surface area (TPSA) is 82.6 Å². The number of nitrogens with one attached hydrogen (secondary N) is 1. The van der Waals surface area contributed by atoms with Crippen LogP contribution in [0.1, 0.15) is 15.9 Å². The molecule has 1 amide bonds. The molecule has 0 aliphatic carbocycles. The molecular weight excluding hydrogens is 572 g/mol. The van der Waals surface area contributed by atoms with E-state index in [1.54, 1.807) is 35.2 Å². The normalized spacial score (nSPS) is 14.6. The van der Waals surface area contributed by atoms with Gasteiger partial charge in [0.15, 0.2) is 0 Å². The Labute approximate surface area is 233 Å². The summed E-state index contributed by atoms with van der Waals surface area (Å²) in [5.41, 5.74) is 1.00. The summed E-state index contributed by atoms with van der Waals surface area (Å²) < 4.78 is 79.2. The highest BCUT2D eigenvalue weighted by Crippen LogP contribution is 2.33. The van der Waals surface area contributed by atoms with Crippen LogP contribution in [-0.4, -0.2) is 54.7 Å². The van der Waals surface area contributed by atoms with Crippen LogP contribution in [0.25, 0.3) is 10.9 Å². The molecule has 4 aromatic rings. The zero-order valence-electron chi connectivity index (χ0n) is 20.7.